The van der Waals surface area contributed by atoms with E-state index in [1.54, 1.807) is 13.8 Å². The second kappa shape index (κ2) is 16.5. The Labute approximate surface area is 308 Å². The van der Waals surface area contributed by atoms with Gasteiger partial charge in [0.05, 0.1) is 50.8 Å². The van der Waals surface area contributed by atoms with Crippen LogP contribution in [0.4, 0.5) is 0 Å². The SMILES string of the molecule is COC(=O)/C=C1/C[C@H]2C[C@]3(O)O[C@H](C[C@@H](O)CC(=O)C[C@@H]([C@@H](C)O)C[C@@H]4C/C(=C\C(=O)OC)[C@H](C)[C@@](O)(O4)C(C)(C)/C=C/[C@@H](C1)O2)C[C@H](C)C3(C)C. The predicted molar refractivity (Wildman–Crippen MR) is 191 cm³/mol. The fourth-order valence-electron chi connectivity index (χ4n) is 8.47. The summed E-state index contributed by atoms with van der Waals surface area (Å²) < 4.78 is 29.4. The number of rotatable bonds is 3. The van der Waals surface area contributed by atoms with E-state index in [9.17, 15) is 34.8 Å². The van der Waals surface area contributed by atoms with E-state index in [0.717, 1.165) is 5.57 Å². The number of methoxy groups -OCH3 is 2. The quantitative estimate of drug-likeness (QED) is 0.182. The molecule has 0 aliphatic carbocycles. The van der Waals surface area contributed by atoms with Gasteiger partial charge in [0.15, 0.2) is 11.6 Å². The van der Waals surface area contributed by atoms with Crippen LogP contribution in [0.15, 0.2) is 35.5 Å². The van der Waals surface area contributed by atoms with Gasteiger partial charge in [-0.05, 0) is 50.9 Å². The Hall–Kier alpha value is -2.45. The zero-order valence-electron chi connectivity index (χ0n) is 32.4. The minimum absolute atomic E-state index is 0.0120. The zero-order valence-corrected chi connectivity index (χ0v) is 32.4. The van der Waals surface area contributed by atoms with Crippen LogP contribution >= 0.6 is 0 Å². The molecule has 4 N–H and O–H groups in total. The Balaban J connectivity index is 1.81. The first kappa shape index (κ1) is 42.3. The highest BCUT2D eigenvalue weighted by Gasteiger charge is 2.56. The van der Waals surface area contributed by atoms with E-state index in [0.29, 0.717) is 24.8 Å². The Morgan fingerprint density at radius 3 is 2.17 bits per heavy atom. The molecule has 3 fully saturated rings. The summed E-state index contributed by atoms with van der Waals surface area (Å²) >= 11 is 0. The van der Waals surface area contributed by atoms with Crippen molar-refractivity contribution in [2.45, 2.75) is 154 Å². The predicted octanol–water partition coefficient (Wildman–Crippen LogP) is 4.46. The number of Topliss-reactive ketones (excluding diaryl/α,β-unsaturated/α-hetero) is 1. The molecule has 52 heavy (non-hydrogen) atoms. The summed E-state index contributed by atoms with van der Waals surface area (Å²) in [5, 5.41) is 46.7. The van der Waals surface area contributed by atoms with E-state index in [2.05, 4.69) is 0 Å². The Morgan fingerprint density at radius 1 is 0.885 bits per heavy atom. The first-order valence-corrected chi connectivity index (χ1v) is 18.7. The second-order valence-electron chi connectivity index (χ2n) is 16.9. The standard InChI is InChI=1S/C40H62O12/c1-23-12-32-21-30(43)20-29(42)16-28(25(3)41)18-33-17-27(19-36(45)49-9)24(2)40(47,52-33)37(4,5)11-10-31-13-26(15-35(44)48-8)14-34(50-31)22-39(46,51-32)38(23,6)7/h10-11,15,19,23-25,28,30-34,41,43,46-47H,12-14,16-18,20-22H2,1-9H3/b11-10+,26-15+,27-19+/t23-,24-,25+,28+,30-,31-,32-,33-,34-,39-,40+/m0/s1. The van der Waals surface area contributed by atoms with Gasteiger partial charge in [0, 0.05) is 54.6 Å². The van der Waals surface area contributed by atoms with Crippen LogP contribution in [0.1, 0.15) is 106 Å². The van der Waals surface area contributed by atoms with Crippen molar-refractivity contribution >= 4 is 17.7 Å². The lowest BCUT2D eigenvalue weighted by atomic mass is 9.66. The third kappa shape index (κ3) is 9.43. The Morgan fingerprint density at radius 2 is 1.54 bits per heavy atom. The first-order valence-electron chi connectivity index (χ1n) is 18.7. The van der Waals surface area contributed by atoms with Gasteiger partial charge in [0.2, 0.25) is 0 Å². The lowest BCUT2D eigenvalue weighted by molar-refractivity contribution is -0.339. The van der Waals surface area contributed by atoms with Crippen molar-refractivity contribution in [2.75, 3.05) is 14.2 Å². The molecule has 12 heteroatoms. The van der Waals surface area contributed by atoms with Crippen LogP contribution in [0, 0.1) is 28.6 Å². The van der Waals surface area contributed by atoms with Crippen molar-refractivity contribution in [1.82, 2.24) is 0 Å². The molecule has 0 aromatic carbocycles. The highest BCUT2D eigenvalue weighted by Crippen LogP contribution is 2.52. The summed E-state index contributed by atoms with van der Waals surface area (Å²) in [6, 6.07) is 0. The van der Waals surface area contributed by atoms with Gasteiger partial charge in [0.25, 0.3) is 0 Å². The van der Waals surface area contributed by atoms with Gasteiger partial charge in [-0.15, -0.1) is 0 Å². The number of aliphatic hydroxyl groups excluding tert-OH is 2. The van der Waals surface area contributed by atoms with E-state index in [1.165, 1.54) is 26.4 Å². The summed E-state index contributed by atoms with van der Waals surface area (Å²) in [4.78, 5) is 38.3. The molecular weight excluding hydrogens is 672 g/mol. The molecular formula is C40H62O12. The van der Waals surface area contributed by atoms with Crippen molar-refractivity contribution in [3.8, 4) is 0 Å². The molecule has 4 aliphatic rings. The lowest BCUT2D eigenvalue weighted by Crippen LogP contribution is -2.59. The zero-order chi connectivity index (χ0) is 38.8. The molecule has 0 aromatic rings. The van der Waals surface area contributed by atoms with Gasteiger partial charge in [0.1, 0.15) is 5.78 Å². The van der Waals surface area contributed by atoms with Crippen LogP contribution in [-0.2, 0) is 38.1 Å². The molecule has 3 saturated heterocycles. The van der Waals surface area contributed by atoms with Crippen LogP contribution in [0.2, 0.25) is 0 Å². The molecule has 0 amide bonds. The van der Waals surface area contributed by atoms with Gasteiger partial charge >= 0.3 is 11.9 Å². The molecule has 0 spiro atoms. The highest BCUT2D eigenvalue weighted by molar-refractivity contribution is 5.83. The molecule has 11 atom stereocenters. The lowest BCUT2D eigenvalue weighted by Gasteiger charge is -2.54. The van der Waals surface area contributed by atoms with Crippen LogP contribution in [0.5, 0.6) is 0 Å². The van der Waals surface area contributed by atoms with E-state index in [-0.39, 0.29) is 50.2 Å². The molecule has 4 rings (SSSR count). The van der Waals surface area contributed by atoms with Gasteiger partial charge in [-0.1, -0.05) is 64.8 Å². The smallest absolute Gasteiger partial charge is 0.330 e. The van der Waals surface area contributed by atoms with Crippen molar-refractivity contribution < 1.29 is 58.5 Å². The average Bonchev–Trinajstić information content (AvgIpc) is 3.04. The van der Waals surface area contributed by atoms with Crippen LogP contribution in [0.25, 0.3) is 0 Å². The Bertz CT molecular complexity index is 1400. The largest absolute Gasteiger partial charge is 0.466 e. The Kier molecular flexibility index (Phi) is 13.4. The number of hydrogen-bond donors (Lipinski definition) is 4. The van der Waals surface area contributed by atoms with E-state index < -0.39 is 82.8 Å². The number of esters is 2. The maximum atomic E-state index is 13.4. The summed E-state index contributed by atoms with van der Waals surface area (Å²) in [5.41, 5.74) is -0.425. The summed E-state index contributed by atoms with van der Waals surface area (Å²) in [6.45, 7) is 12.9. The van der Waals surface area contributed by atoms with Crippen molar-refractivity contribution in [2.24, 2.45) is 28.6 Å². The number of carbonyl (C=O) groups is 3. The highest BCUT2D eigenvalue weighted by atomic mass is 16.6. The maximum absolute atomic E-state index is 13.4. The molecule has 4 heterocycles. The summed E-state index contributed by atoms with van der Waals surface area (Å²) in [7, 11) is 2.59. The third-order valence-electron chi connectivity index (χ3n) is 12.4. The molecule has 0 aromatic heterocycles. The maximum Gasteiger partial charge on any atom is 0.330 e. The number of carbonyl (C=O) groups excluding carboxylic acids is 3. The van der Waals surface area contributed by atoms with Crippen molar-refractivity contribution in [3.05, 3.63) is 35.5 Å². The molecule has 4 aliphatic heterocycles. The van der Waals surface area contributed by atoms with E-state index >= 15 is 0 Å². The minimum Gasteiger partial charge on any atom is -0.466 e. The molecule has 12 nitrogen and oxygen atoms in total. The topological polar surface area (TPSA) is 178 Å². The number of ketones is 1. The van der Waals surface area contributed by atoms with Gasteiger partial charge in [-0.25, -0.2) is 9.59 Å². The number of hydrogen-bond acceptors (Lipinski definition) is 12. The van der Waals surface area contributed by atoms with Gasteiger partial charge < -0.3 is 44.1 Å². The van der Waals surface area contributed by atoms with Crippen LogP contribution < -0.4 is 0 Å². The number of ether oxygens (including phenoxy) is 5. The molecule has 0 radical (unpaired) electrons. The molecule has 0 unspecified atom stereocenters. The fraction of sp³-hybridized carbons (Fsp3) is 0.775. The molecule has 0 saturated carbocycles. The average molecular weight is 735 g/mol. The second-order valence-corrected chi connectivity index (χ2v) is 16.9. The molecule has 294 valence electrons. The van der Waals surface area contributed by atoms with Crippen molar-refractivity contribution in [3.63, 3.8) is 0 Å². The van der Waals surface area contributed by atoms with E-state index in [1.807, 2.05) is 46.8 Å². The summed E-state index contributed by atoms with van der Waals surface area (Å²) in [6.07, 6.45) is 3.94. The van der Waals surface area contributed by atoms with Crippen LogP contribution in [0.3, 0.4) is 0 Å². The van der Waals surface area contributed by atoms with Crippen LogP contribution in [-0.4, -0.2) is 101 Å². The number of aliphatic hydroxyl groups is 4. The number of fused-ring (bicyclic) bond motifs is 6. The minimum atomic E-state index is -1.85. The van der Waals surface area contributed by atoms with Gasteiger partial charge in [-0.2, -0.15) is 0 Å². The monoisotopic (exact) mass is 734 g/mol. The molecule has 6 bridgehead atoms. The van der Waals surface area contributed by atoms with Crippen molar-refractivity contribution in [1.29, 1.82) is 0 Å². The fourth-order valence-corrected chi connectivity index (χ4v) is 8.47. The van der Waals surface area contributed by atoms with E-state index in [4.69, 9.17) is 23.7 Å². The normalized spacial score (nSPS) is 41.4. The van der Waals surface area contributed by atoms with Gasteiger partial charge in [-0.3, -0.25) is 4.79 Å². The third-order valence-corrected chi connectivity index (χ3v) is 12.4. The first-order chi connectivity index (χ1) is 24.1. The summed E-state index contributed by atoms with van der Waals surface area (Å²) in [5.74, 6) is -6.07.